The summed E-state index contributed by atoms with van der Waals surface area (Å²) >= 11 is 1.63. The van der Waals surface area contributed by atoms with Gasteiger partial charge in [0.2, 0.25) is 0 Å². The van der Waals surface area contributed by atoms with E-state index >= 15 is 0 Å². The third-order valence-electron chi connectivity index (χ3n) is 2.49. The molecule has 1 heterocycles. The minimum atomic E-state index is 0.0137. The Labute approximate surface area is 109 Å². The lowest BCUT2D eigenvalue weighted by molar-refractivity contribution is 0.112. The van der Waals surface area contributed by atoms with Gasteiger partial charge in [0.15, 0.2) is 0 Å². The van der Waals surface area contributed by atoms with Crippen LogP contribution < -0.4 is 5.56 Å². The van der Waals surface area contributed by atoms with Crippen LogP contribution in [0.2, 0.25) is 0 Å². The van der Waals surface area contributed by atoms with E-state index in [1.54, 1.807) is 40.7 Å². The van der Waals surface area contributed by atoms with E-state index in [2.05, 4.69) is 0 Å². The lowest BCUT2D eigenvalue weighted by atomic mass is 10.2. The number of thioether (sulfide) groups is 1. The van der Waals surface area contributed by atoms with Crippen LogP contribution in [-0.4, -0.2) is 16.6 Å². The largest absolute Gasteiger partial charge is 0.315 e. The van der Waals surface area contributed by atoms with Gasteiger partial charge in [0.05, 0.1) is 0 Å². The lowest BCUT2D eigenvalue weighted by Crippen LogP contribution is -2.18. The lowest BCUT2D eigenvalue weighted by Gasteiger charge is -2.05. The molecule has 0 saturated carbocycles. The number of hydrogen-bond donors (Lipinski definition) is 0. The second-order valence-electron chi connectivity index (χ2n) is 3.77. The Morgan fingerprint density at radius 3 is 2.83 bits per heavy atom. The molecule has 1 aromatic heterocycles. The first-order chi connectivity index (χ1) is 8.79. The highest BCUT2D eigenvalue weighted by Gasteiger charge is 1.98. The summed E-state index contributed by atoms with van der Waals surface area (Å²) in [5, 5.41) is 0. The van der Waals surface area contributed by atoms with Gasteiger partial charge in [0.25, 0.3) is 5.56 Å². The van der Waals surface area contributed by atoms with E-state index < -0.39 is 0 Å². The van der Waals surface area contributed by atoms with Crippen LogP contribution in [-0.2, 0) is 6.54 Å². The molecule has 2 aromatic rings. The minimum Gasteiger partial charge on any atom is -0.315 e. The SMILES string of the molecule is O=Cc1cccc(SCCn2ccccc2=O)c1. The van der Waals surface area contributed by atoms with Crippen molar-refractivity contribution in [3.63, 3.8) is 0 Å². The summed E-state index contributed by atoms with van der Waals surface area (Å²) in [4.78, 5) is 23.2. The maximum atomic E-state index is 11.5. The van der Waals surface area contributed by atoms with Gasteiger partial charge < -0.3 is 4.57 Å². The van der Waals surface area contributed by atoms with Crippen LogP contribution in [0.3, 0.4) is 0 Å². The molecule has 0 fully saturated rings. The van der Waals surface area contributed by atoms with Gasteiger partial charge in [-0.3, -0.25) is 9.59 Å². The first-order valence-electron chi connectivity index (χ1n) is 5.63. The molecule has 92 valence electrons. The Morgan fingerprint density at radius 2 is 2.06 bits per heavy atom. The van der Waals surface area contributed by atoms with Crippen LogP contribution >= 0.6 is 11.8 Å². The standard InChI is InChI=1S/C14H13NO2S/c16-11-12-4-3-5-13(10-12)18-9-8-15-7-2-1-6-14(15)17/h1-7,10-11H,8-9H2. The third kappa shape index (κ3) is 3.34. The highest BCUT2D eigenvalue weighted by atomic mass is 32.2. The molecule has 0 radical (unpaired) electrons. The average Bonchev–Trinajstić information content (AvgIpc) is 2.41. The van der Waals surface area contributed by atoms with Gasteiger partial charge in [-0.15, -0.1) is 11.8 Å². The normalized spacial score (nSPS) is 10.2. The fraction of sp³-hybridized carbons (Fsp3) is 0.143. The van der Waals surface area contributed by atoms with Crippen LogP contribution in [0.1, 0.15) is 10.4 Å². The molecule has 18 heavy (non-hydrogen) atoms. The highest BCUT2D eigenvalue weighted by molar-refractivity contribution is 7.99. The van der Waals surface area contributed by atoms with Crippen molar-refractivity contribution >= 4 is 18.0 Å². The van der Waals surface area contributed by atoms with Gasteiger partial charge in [0, 0.05) is 35.0 Å². The first-order valence-corrected chi connectivity index (χ1v) is 6.61. The topological polar surface area (TPSA) is 39.1 Å². The summed E-state index contributed by atoms with van der Waals surface area (Å²) in [5.74, 6) is 0.798. The van der Waals surface area contributed by atoms with Crippen molar-refractivity contribution < 1.29 is 4.79 Å². The first kappa shape index (κ1) is 12.6. The Bertz CT molecular complexity index is 592. The van der Waals surface area contributed by atoms with E-state index in [1.165, 1.54) is 0 Å². The number of nitrogens with zero attached hydrogens (tertiary/aromatic N) is 1. The molecule has 0 bridgehead atoms. The fourth-order valence-corrected chi connectivity index (χ4v) is 2.50. The molecule has 0 spiro atoms. The van der Waals surface area contributed by atoms with Gasteiger partial charge in [-0.1, -0.05) is 18.2 Å². The maximum absolute atomic E-state index is 11.5. The summed E-state index contributed by atoms with van der Waals surface area (Å²) in [6.45, 7) is 0.662. The quantitative estimate of drug-likeness (QED) is 0.611. The van der Waals surface area contributed by atoms with E-state index in [0.717, 1.165) is 16.9 Å². The average molecular weight is 259 g/mol. The highest BCUT2D eigenvalue weighted by Crippen LogP contribution is 2.18. The van der Waals surface area contributed by atoms with Crippen LogP contribution in [0.25, 0.3) is 0 Å². The Morgan fingerprint density at radius 1 is 1.17 bits per heavy atom. The second kappa shape index (κ2) is 6.21. The summed E-state index contributed by atoms with van der Waals surface area (Å²) in [6.07, 6.45) is 2.62. The third-order valence-corrected chi connectivity index (χ3v) is 3.47. The van der Waals surface area contributed by atoms with E-state index in [4.69, 9.17) is 0 Å². The van der Waals surface area contributed by atoms with Crippen molar-refractivity contribution in [3.05, 3.63) is 64.6 Å². The molecule has 0 unspecified atom stereocenters. The van der Waals surface area contributed by atoms with Gasteiger partial charge in [-0.2, -0.15) is 0 Å². The van der Waals surface area contributed by atoms with Crippen molar-refractivity contribution in [3.8, 4) is 0 Å². The number of aromatic nitrogens is 1. The minimum absolute atomic E-state index is 0.0137. The second-order valence-corrected chi connectivity index (χ2v) is 4.94. The smallest absolute Gasteiger partial charge is 0.250 e. The predicted octanol–water partition coefficient (Wildman–Crippen LogP) is 2.45. The molecule has 0 aliphatic rings. The molecule has 0 aliphatic carbocycles. The van der Waals surface area contributed by atoms with E-state index in [-0.39, 0.29) is 5.56 Å². The van der Waals surface area contributed by atoms with Crippen LogP contribution in [0.5, 0.6) is 0 Å². The maximum Gasteiger partial charge on any atom is 0.250 e. The molecular weight excluding hydrogens is 246 g/mol. The molecule has 0 atom stereocenters. The van der Waals surface area contributed by atoms with Crippen molar-refractivity contribution in [1.82, 2.24) is 4.57 Å². The molecule has 0 N–H and O–H groups in total. The van der Waals surface area contributed by atoms with Gasteiger partial charge in [-0.25, -0.2) is 0 Å². The number of hydrogen-bond acceptors (Lipinski definition) is 3. The number of carbonyl (C=O) groups is 1. The molecule has 0 amide bonds. The molecule has 0 saturated heterocycles. The molecule has 2 rings (SSSR count). The molecule has 4 heteroatoms. The number of aryl methyl sites for hydroxylation is 1. The number of carbonyl (C=O) groups excluding carboxylic acids is 1. The zero-order valence-corrected chi connectivity index (χ0v) is 10.6. The Kier molecular flexibility index (Phi) is 4.36. The summed E-state index contributed by atoms with van der Waals surface area (Å²) in [7, 11) is 0. The van der Waals surface area contributed by atoms with E-state index in [1.807, 2.05) is 24.3 Å². The Hall–Kier alpha value is -1.81. The van der Waals surface area contributed by atoms with Crippen LogP contribution in [0, 0.1) is 0 Å². The van der Waals surface area contributed by atoms with Gasteiger partial charge in [-0.05, 0) is 18.2 Å². The monoisotopic (exact) mass is 259 g/mol. The number of rotatable bonds is 5. The van der Waals surface area contributed by atoms with E-state index in [9.17, 15) is 9.59 Å². The predicted molar refractivity (Wildman–Crippen MR) is 73.3 cm³/mol. The van der Waals surface area contributed by atoms with Gasteiger partial charge in [0.1, 0.15) is 6.29 Å². The van der Waals surface area contributed by atoms with Crippen LogP contribution in [0.4, 0.5) is 0 Å². The van der Waals surface area contributed by atoms with Crippen molar-refractivity contribution in [2.45, 2.75) is 11.4 Å². The van der Waals surface area contributed by atoms with E-state index in [0.29, 0.717) is 12.1 Å². The molecular formula is C14H13NO2S. The van der Waals surface area contributed by atoms with Gasteiger partial charge >= 0.3 is 0 Å². The van der Waals surface area contributed by atoms with Crippen molar-refractivity contribution in [1.29, 1.82) is 0 Å². The number of aldehydes is 1. The van der Waals surface area contributed by atoms with Crippen LogP contribution in [0.15, 0.2) is 58.4 Å². The number of pyridine rings is 1. The van der Waals surface area contributed by atoms with Crippen molar-refractivity contribution in [2.75, 3.05) is 5.75 Å². The zero-order valence-electron chi connectivity index (χ0n) is 9.78. The molecule has 1 aromatic carbocycles. The zero-order chi connectivity index (χ0) is 12.8. The molecule has 3 nitrogen and oxygen atoms in total. The summed E-state index contributed by atoms with van der Waals surface area (Å²) < 4.78 is 1.68. The molecule has 0 aliphatic heterocycles. The summed E-state index contributed by atoms with van der Waals surface area (Å²) in [5.41, 5.74) is 0.691. The summed E-state index contributed by atoms with van der Waals surface area (Å²) in [6, 6.07) is 12.6. The number of benzene rings is 1. The Balaban J connectivity index is 1.94. The fourth-order valence-electron chi connectivity index (χ4n) is 1.58. The van der Waals surface area contributed by atoms with Crippen molar-refractivity contribution in [2.24, 2.45) is 0 Å².